The predicted octanol–water partition coefficient (Wildman–Crippen LogP) is 1.33. The first-order valence-corrected chi connectivity index (χ1v) is 8.15. The van der Waals surface area contributed by atoms with Gasteiger partial charge >= 0.3 is 0 Å². The van der Waals surface area contributed by atoms with Gasteiger partial charge in [0.2, 0.25) is 11.8 Å². The van der Waals surface area contributed by atoms with E-state index in [9.17, 15) is 9.59 Å². The van der Waals surface area contributed by atoms with Gasteiger partial charge in [-0.2, -0.15) is 0 Å². The Morgan fingerprint density at radius 1 is 1.19 bits per heavy atom. The van der Waals surface area contributed by atoms with E-state index < -0.39 is 6.04 Å². The van der Waals surface area contributed by atoms with Crippen LogP contribution < -0.4 is 16.0 Å². The minimum Gasteiger partial charge on any atom is -0.350 e. The Balaban J connectivity index is 1.83. The van der Waals surface area contributed by atoms with Crippen molar-refractivity contribution in [3.8, 4) is 0 Å². The van der Waals surface area contributed by atoms with E-state index in [2.05, 4.69) is 16.0 Å². The van der Waals surface area contributed by atoms with Gasteiger partial charge in [-0.15, -0.1) is 0 Å². The molecule has 2 amide bonds. The molecule has 4 atom stereocenters. The quantitative estimate of drug-likeness (QED) is 0.735. The third-order valence-corrected chi connectivity index (χ3v) is 4.43. The molecule has 0 radical (unpaired) electrons. The molecule has 4 unspecified atom stereocenters. The Hall–Kier alpha value is -1.10. The highest BCUT2D eigenvalue weighted by Crippen LogP contribution is 2.33. The number of nitrogens with one attached hydrogen (secondary N) is 3. The standard InChI is InChI=1S/C16H29N3O2/c1-10(14(20)19-16(2,3)4)17-15(21)13-9-11-7-5-6-8-12(11)18-13/h10-13,18H,5-9H2,1-4H3,(H,17,21)(H,19,20). The Labute approximate surface area is 127 Å². The largest absolute Gasteiger partial charge is 0.350 e. The van der Waals surface area contributed by atoms with Crippen molar-refractivity contribution < 1.29 is 9.59 Å². The van der Waals surface area contributed by atoms with Crippen LogP contribution in [0.4, 0.5) is 0 Å². The smallest absolute Gasteiger partial charge is 0.242 e. The Morgan fingerprint density at radius 3 is 2.48 bits per heavy atom. The lowest BCUT2D eigenvalue weighted by Gasteiger charge is -2.24. The maximum Gasteiger partial charge on any atom is 0.242 e. The van der Waals surface area contributed by atoms with E-state index >= 15 is 0 Å². The van der Waals surface area contributed by atoms with Crippen LogP contribution in [0.15, 0.2) is 0 Å². The molecule has 1 aliphatic carbocycles. The molecule has 5 nitrogen and oxygen atoms in total. The number of carbonyl (C=O) groups is 2. The molecule has 0 bridgehead atoms. The summed E-state index contributed by atoms with van der Waals surface area (Å²) in [6, 6.07) is -0.141. The van der Waals surface area contributed by atoms with Crippen LogP contribution in [0.1, 0.15) is 59.8 Å². The number of hydrogen-bond donors (Lipinski definition) is 3. The van der Waals surface area contributed by atoms with Gasteiger partial charge in [0.15, 0.2) is 0 Å². The summed E-state index contributed by atoms with van der Waals surface area (Å²) < 4.78 is 0. The van der Waals surface area contributed by atoms with Crippen molar-refractivity contribution in [3.05, 3.63) is 0 Å². The van der Waals surface area contributed by atoms with Gasteiger partial charge in [0.1, 0.15) is 6.04 Å². The third kappa shape index (κ3) is 4.43. The molecule has 21 heavy (non-hydrogen) atoms. The molecule has 1 saturated heterocycles. The average molecular weight is 295 g/mol. The second kappa shape index (κ2) is 6.34. The van der Waals surface area contributed by atoms with Gasteiger partial charge in [-0.3, -0.25) is 9.59 Å². The lowest BCUT2D eigenvalue weighted by atomic mass is 9.85. The lowest BCUT2D eigenvalue weighted by Crippen LogP contribution is -2.53. The first-order valence-electron chi connectivity index (χ1n) is 8.15. The first-order chi connectivity index (χ1) is 9.76. The fourth-order valence-electron chi connectivity index (χ4n) is 3.38. The van der Waals surface area contributed by atoms with Crippen molar-refractivity contribution in [2.75, 3.05) is 0 Å². The summed E-state index contributed by atoms with van der Waals surface area (Å²) in [5.74, 6) is 0.459. The molecule has 1 heterocycles. The molecular weight excluding hydrogens is 266 g/mol. The summed E-state index contributed by atoms with van der Waals surface area (Å²) in [7, 11) is 0. The predicted molar refractivity (Wildman–Crippen MR) is 82.8 cm³/mol. The monoisotopic (exact) mass is 295 g/mol. The zero-order chi connectivity index (χ0) is 15.6. The van der Waals surface area contributed by atoms with Gasteiger partial charge in [-0.05, 0) is 52.9 Å². The molecule has 2 aliphatic rings. The van der Waals surface area contributed by atoms with Gasteiger partial charge in [0.25, 0.3) is 0 Å². The van der Waals surface area contributed by atoms with E-state index in [0.717, 1.165) is 6.42 Å². The van der Waals surface area contributed by atoms with Crippen molar-refractivity contribution in [2.45, 2.75) is 83.5 Å². The molecule has 0 aromatic rings. The molecule has 3 N–H and O–H groups in total. The van der Waals surface area contributed by atoms with E-state index in [1.165, 1.54) is 25.7 Å². The normalized spacial score (nSPS) is 30.4. The summed E-state index contributed by atoms with van der Waals surface area (Å²) in [5, 5.41) is 9.17. The first kappa shape index (κ1) is 16.3. The fourth-order valence-corrected chi connectivity index (χ4v) is 3.38. The molecule has 0 spiro atoms. The highest BCUT2D eigenvalue weighted by Gasteiger charge is 2.38. The summed E-state index contributed by atoms with van der Waals surface area (Å²) >= 11 is 0. The topological polar surface area (TPSA) is 70.2 Å². The van der Waals surface area contributed by atoms with Crippen molar-refractivity contribution >= 4 is 11.8 Å². The zero-order valence-electron chi connectivity index (χ0n) is 13.7. The fraction of sp³-hybridized carbons (Fsp3) is 0.875. The average Bonchev–Trinajstić information content (AvgIpc) is 2.80. The zero-order valence-corrected chi connectivity index (χ0v) is 13.7. The van der Waals surface area contributed by atoms with Crippen molar-refractivity contribution in [2.24, 2.45) is 5.92 Å². The third-order valence-electron chi connectivity index (χ3n) is 4.43. The van der Waals surface area contributed by atoms with Crippen LogP contribution in [0.3, 0.4) is 0 Å². The molecule has 1 saturated carbocycles. The van der Waals surface area contributed by atoms with Gasteiger partial charge < -0.3 is 16.0 Å². The number of rotatable bonds is 3. The summed E-state index contributed by atoms with van der Waals surface area (Å²) in [6.07, 6.45) is 5.84. The maximum absolute atomic E-state index is 12.3. The van der Waals surface area contributed by atoms with Gasteiger partial charge in [0, 0.05) is 11.6 Å². The van der Waals surface area contributed by atoms with Crippen molar-refractivity contribution in [1.29, 1.82) is 0 Å². The Morgan fingerprint density at radius 2 is 1.86 bits per heavy atom. The number of carbonyl (C=O) groups excluding carboxylic acids is 2. The van der Waals surface area contributed by atoms with E-state index in [-0.39, 0.29) is 23.4 Å². The lowest BCUT2D eigenvalue weighted by molar-refractivity contribution is -0.130. The van der Waals surface area contributed by atoms with Crippen LogP contribution in [-0.4, -0.2) is 35.5 Å². The Bertz CT molecular complexity index is 389. The molecule has 1 aliphatic heterocycles. The van der Waals surface area contributed by atoms with Crippen molar-refractivity contribution in [1.82, 2.24) is 16.0 Å². The minimum atomic E-state index is -0.499. The van der Waals surface area contributed by atoms with Crippen LogP contribution in [0, 0.1) is 5.92 Å². The molecule has 120 valence electrons. The molecule has 2 fully saturated rings. The van der Waals surface area contributed by atoms with Gasteiger partial charge in [-0.25, -0.2) is 0 Å². The van der Waals surface area contributed by atoms with E-state index in [1.54, 1.807) is 6.92 Å². The molecule has 0 aromatic carbocycles. The Kier molecular flexibility index (Phi) is 4.91. The summed E-state index contributed by atoms with van der Waals surface area (Å²) in [6.45, 7) is 7.54. The summed E-state index contributed by atoms with van der Waals surface area (Å²) in [5.41, 5.74) is -0.281. The van der Waals surface area contributed by atoms with Crippen LogP contribution in [0.5, 0.6) is 0 Å². The van der Waals surface area contributed by atoms with E-state index in [1.807, 2.05) is 20.8 Å². The van der Waals surface area contributed by atoms with E-state index in [0.29, 0.717) is 12.0 Å². The van der Waals surface area contributed by atoms with Gasteiger partial charge in [-0.1, -0.05) is 12.8 Å². The maximum atomic E-state index is 12.3. The molecule has 5 heteroatoms. The van der Waals surface area contributed by atoms with Crippen LogP contribution in [0.25, 0.3) is 0 Å². The van der Waals surface area contributed by atoms with Gasteiger partial charge in [0.05, 0.1) is 6.04 Å². The number of fused-ring (bicyclic) bond motifs is 1. The highest BCUT2D eigenvalue weighted by atomic mass is 16.2. The number of hydrogen-bond acceptors (Lipinski definition) is 3. The number of amides is 2. The summed E-state index contributed by atoms with van der Waals surface area (Å²) in [4.78, 5) is 24.3. The van der Waals surface area contributed by atoms with Crippen molar-refractivity contribution in [3.63, 3.8) is 0 Å². The molecule has 0 aromatic heterocycles. The minimum absolute atomic E-state index is 0.0408. The van der Waals surface area contributed by atoms with Crippen LogP contribution in [0.2, 0.25) is 0 Å². The highest BCUT2D eigenvalue weighted by molar-refractivity contribution is 5.89. The van der Waals surface area contributed by atoms with Crippen LogP contribution in [-0.2, 0) is 9.59 Å². The van der Waals surface area contributed by atoms with E-state index in [4.69, 9.17) is 0 Å². The SMILES string of the molecule is CC(NC(=O)C1CC2CCCCC2N1)C(=O)NC(C)(C)C. The van der Waals surface area contributed by atoms with Crippen LogP contribution >= 0.6 is 0 Å². The molecule has 2 rings (SSSR count). The second-order valence-electron chi connectivity index (χ2n) is 7.58. The second-order valence-corrected chi connectivity index (χ2v) is 7.58. The molecular formula is C16H29N3O2.